The molecule has 0 aromatic heterocycles. The number of benzene rings is 2. The van der Waals surface area contributed by atoms with Crippen molar-refractivity contribution in [3.63, 3.8) is 0 Å². The average molecular weight is 355 g/mol. The van der Waals surface area contributed by atoms with Gasteiger partial charge < -0.3 is 15.2 Å². The average Bonchev–Trinajstić information content (AvgIpc) is 2.61. The van der Waals surface area contributed by atoms with Crippen LogP contribution in [-0.2, 0) is 16.0 Å². The summed E-state index contributed by atoms with van der Waals surface area (Å²) in [5, 5.41) is 11.9. The number of nitrogens with one attached hydrogen (secondary N) is 1. The van der Waals surface area contributed by atoms with Gasteiger partial charge in [0.05, 0.1) is 0 Å². The number of carbonyl (C=O) groups is 3. The van der Waals surface area contributed by atoms with E-state index in [0.717, 1.165) is 12.0 Å². The highest BCUT2D eigenvalue weighted by Crippen LogP contribution is 2.13. The van der Waals surface area contributed by atoms with Crippen molar-refractivity contribution in [3.05, 3.63) is 65.7 Å². The van der Waals surface area contributed by atoms with Crippen LogP contribution in [0, 0.1) is 0 Å². The minimum Gasteiger partial charge on any atom is -0.480 e. The number of hydrogen-bond acceptors (Lipinski definition) is 4. The number of rotatable bonds is 8. The maximum absolute atomic E-state index is 12.2. The first-order valence-corrected chi connectivity index (χ1v) is 8.32. The molecule has 26 heavy (non-hydrogen) atoms. The summed E-state index contributed by atoms with van der Waals surface area (Å²) in [4.78, 5) is 34.5. The summed E-state index contributed by atoms with van der Waals surface area (Å²) < 4.78 is 4.90. The highest BCUT2D eigenvalue weighted by atomic mass is 16.5. The number of aliphatic carboxylic acids is 1. The first kappa shape index (κ1) is 19.2. The van der Waals surface area contributed by atoms with E-state index >= 15 is 0 Å². The molecule has 0 saturated heterocycles. The summed E-state index contributed by atoms with van der Waals surface area (Å²) in [6.07, 6.45) is 1.73. The third kappa shape index (κ3) is 6.05. The Labute approximate surface area is 151 Å². The van der Waals surface area contributed by atoms with Crippen molar-refractivity contribution < 1.29 is 24.2 Å². The van der Waals surface area contributed by atoms with Gasteiger partial charge in [0, 0.05) is 12.5 Å². The molecule has 0 spiro atoms. The third-order valence-corrected chi connectivity index (χ3v) is 3.78. The molecule has 1 atom stereocenters. The van der Waals surface area contributed by atoms with Crippen molar-refractivity contribution in [3.8, 4) is 5.75 Å². The molecule has 0 bridgehead atoms. The molecule has 0 radical (unpaired) electrons. The summed E-state index contributed by atoms with van der Waals surface area (Å²) in [7, 11) is 0. The predicted octanol–water partition coefficient (Wildman–Crippen LogP) is 2.82. The van der Waals surface area contributed by atoms with Crippen LogP contribution in [0.2, 0.25) is 0 Å². The van der Waals surface area contributed by atoms with Gasteiger partial charge in [-0.1, -0.05) is 30.3 Å². The topological polar surface area (TPSA) is 92.7 Å². The van der Waals surface area contributed by atoms with E-state index in [-0.39, 0.29) is 0 Å². The number of hydrogen-bond donors (Lipinski definition) is 2. The Morgan fingerprint density at radius 3 is 2.27 bits per heavy atom. The summed E-state index contributed by atoms with van der Waals surface area (Å²) in [6.45, 7) is 1.29. The zero-order valence-corrected chi connectivity index (χ0v) is 14.5. The number of amides is 1. The SMILES string of the molecule is CC(=O)Oc1ccc(C(=O)N[C@@H](CCCc2ccccc2)C(=O)O)cc1. The van der Waals surface area contributed by atoms with Crippen molar-refractivity contribution in [1.29, 1.82) is 0 Å². The number of esters is 1. The molecule has 0 unspecified atom stereocenters. The highest BCUT2D eigenvalue weighted by molar-refractivity contribution is 5.96. The van der Waals surface area contributed by atoms with E-state index in [0.29, 0.717) is 24.2 Å². The fourth-order valence-electron chi connectivity index (χ4n) is 2.49. The molecule has 0 fully saturated rings. The largest absolute Gasteiger partial charge is 0.480 e. The van der Waals surface area contributed by atoms with Crippen LogP contribution >= 0.6 is 0 Å². The summed E-state index contributed by atoms with van der Waals surface area (Å²) in [6, 6.07) is 14.8. The molecular formula is C20H21NO5. The van der Waals surface area contributed by atoms with Crippen molar-refractivity contribution in [2.75, 3.05) is 0 Å². The standard InChI is InChI=1S/C20H21NO5/c1-14(22)26-17-12-10-16(11-13-17)19(23)21-18(20(24)25)9-5-8-15-6-3-2-4-7-15/h2-4,6-7,10-13,18H,5,8-9H2,1H3,(H,21,23)(H,24,25)/t18-/m0/s1. The fraction of sp³-hybridized carbons (Fsp3) is 0.250. The molecule has 2 aromatic rings. The Morgan fingerprint density at radius 1 is 1.04 bits per heavy atom. The van der Waals surface area contributed by atoms with Gasteiger partial charge in [0.15, 0.2) is 0 Å². The first-order chi connectivity index (χ1) is 12.5. The summed E-state index contributed by atoms with van der Waals surface area (Å²) >= 11 is 0. The van der Waals surface area contributed by atoms with E-state index < -0.39 is 23.9 Å². The van der Waals surface area contributed by atoms with Gasteiger partial charge in [0.25, 0.3) is 5.91 Å². The van der Waals surface area contributed by atoms with Gasteiger partial charge in [-0.2, -0.15) is 0 Å². The van der Waals surface area contributed by atoms with Gasteiger partial charge in [-0.3, -0.25) is 9.59 Å². The number of aryl methyl sites for hydroxylation is 1. The van der Waals surface area contributed by atoms with Crippen LogP contribution in [0.3, 0.4) is 0 Å². The quantitative estimate of drug-likeness (QED) is 0.561. The van der Waals surface area contributed by atoms with E-state index in [1.807, 2.05) is 30.3 Å². The van der Waals surface area contributed by atoms with Crippen LogP contribution < -0.4 is 10.1 Å². The van der Waals surface area contributed by atoms with Crippen LogP contribution in [0.4, 0.5) is 0 Å². The Balaban J connectivity index is 1.90. The molecule has 136 valence electrons. The highest BCUT2D eigenvalue weighted by Gasteiger charge is 2.20. The van der Waals surface area contributed by atoms with Gasteiger partial charge in [0.2, 0.25) is 0 Å². The molecule has 0 aliphatic heterocycles. The zero-order chi connectivity index (χ0) is 18.9. The van der Waals surface area contributed by atoms with E-state index in [4.69, 9.17) is 4.74 Å². The van der Waals surface area contributed by atoms with Crippen LogP contribution in [0.15, 0.2) is 54.6 Å². The predicted molar refractivity (Wildman–Crippen MR) is 96.0 cm³/mol. The molecule has 6 heteroatoms. The lowest BCUT2D eigenvalue weighted by atomic mass is 10.0. The number of carbonyl (C=O) groups excluding carboxylic acids is 2. The van der Waals surface area contributed by atoms with Crippen molar-refractivity contribution in [2.24, 2.45) is 0 Å². The van der Waals surface area contributed by atoms with Gasteiger partial charge in [-0.15, -0.1) is 0 Å². The third-order valence-electron chi connectivity index (χ3n) is 3.78. The molecule has 0 saturated carbocycles. The molecule has 2 rings (SSSR count). The summed E-state index contributed by atoms with van der Waals surface area (Å²) in [5.74, 6) is -1.67. The zero-order valence-electron chi connectivity index (χ0n) is 14.5. The second-order valence-corrected chi connectivity index (χ2v) is 5.86. The maximum Gasteiger partial charge on any atom is 0.326 e. The Bertz CT molecular complexity index is 756. The number of carboxylic acid groups (broad SMARTS) is 1. The lowest BCUT2D eigenvalue weighted by molar-refractivity contribution is -0.139. The molecule has 1 amide bonds. The number of carboxylic acids is 1. The normalized spacial score (nSPS) is 11.4. The summed E-state index contributed by atoms with van der Waals surface area (Å²) in [5.41, 5.74) is 1.43. The lowest BCUT2D eigenvalue weighted by Crippen LogP contribution is -2.40. The molecule has 6 nitrogen and oxygen atoms in total. The van der Waals surface area contributed by atoms with Crippen LogP contribution in [0.1, 0.15) is 35.7 Å². The Hall–Kier alpha value is -3.15. The smallest absolute Gasteiger partial charge is 0.326 e. The lowest BCUT2D eigenvalue weighted by Gasteiger charge is -2.14. The van der Waals surface area contributed by atoms with E-state index in [9.17, 15) is 19.5 Å². The molecule has 2 aromatic carbocycles. The molecule has 2 N–H and O–H groups in total. The van der Waals surface area contributed by atoms with Crippen LogP contribution in [-0.4, -0.2) is 29.0 Å². The van der Waals surface area contributed by atoms with Gasteiger partial charge in [-0.25, -0.2) is 4.79 Å². The first-order valence-electron chi connectivity index (χ1n) is 8.32. The van der Waals surface area contributed by atoms with Gasteiger partial charge >= 0.3 is 11.9 Å². The molecule has 0 aliphatic rings. The van der Waals surface area contributed by atoms with Crippen molar-refractivity contribution >= 4 is 17.8 Å². The number of ether oxygens (including phenoxy) is 1. The van der Waals surface area contributed by atoms with E-state index in [1.54, 1.807) is 0 Å². The van der Waals surface area contributed by atoms with Gasteiger partial charge in [0.1, 0.15) is 11.8 Å². The van der Waals surface area contributed by atoms with Gasteiger partial charge in [-0.05, 0) is 49.1 Å². The monoisotopic (exact) mass is 355 g/mol. The van der Waals surface area contributed by atoms with Crippen molar-refractivity contribution in [2.45, 2.75) is 32.2 Å². The molecule has 0 heterocycles. The minimum absolute atomic E-state index is 0.301. The minimum atomic E-state index is -1.07. The maximum atomic E-state index is 12.2. The second-order valence-electron chi connectivity index (χ2n) is 5.86. The fourth-order valence-corrected chi connectivity index (χ4v) is 2.49. The van der Waals surface area contributed by atoms with Crippen LogP contribution in [0.25, 0.3) is 0 Å². The Morgan fingerprint density at radius 2 is 1.69 bits per heavy atom. The van der Waals surface area contributed by atoms with E-state index in [2.05, 4.69) is 5.32 Å². The molecule has 0 aliphatic carbocycles. The van der Waals surface area contributed by atoms with Crippen molar-refractivity contribution in [1.82, 2.24) is 5.32 Å². The van der Waals surface area contributed by atoms with E-state index in [1.165, 1.54) is 31.2 Å². The second kappa shape index (κ2) is 9.36. The Kier molecular flexibility index (Phi) is 6.91. The van der Waals surface area contributed by atoms with Crippen LogP contribution in [0.5, 0.6) is 5.75 Å². The molecular weight excluding hydrogens is 334 g/mol.